The van der Waals surface area contributed by atoms with Crippen molar-refractivity contribution in [2.45, 2.75) is 32.1 Å². The molecule has 0 atom stereocenters. The van der Waals surface area contributed by atoms with Gasteiger partial charge in [0.05, 0.1) is 12.9 Å². The predicted molar refractivity (Wildman–Crippen MR) is 55.1 cm³/mol. The molecule has 1 rings (SSSR count). The maximum Gasteiger partial charge on any atom is 0.236 e. The zero-order valence-electron chi connectivity index (χ0n) is 8.90. The van der Waals surface area contributed by atoms with Crippen molar-refractivity contribution in [3.05, 3.63) is 0 Å². The van der Waals surface area contributed by atoms with E-state index in [9.17, 15) is 8.42 Å². The lowest BCUT2D eigenvalue weighted by Gasteiger charge is -2.23. The molecule has 4 nitrogen and oxygen atoms in total. The molecule has 0 spiro atoms. The second-order valence-corrected chi connectivity index (χ2v) is 5.89. The number of sulfonamides is 1. The van der Waals surface area contributed by atoms with E-state index in [1.807, 2.05) is 0 Å². The number of rotatable bonds is 4. The van der Waals surface area contributed by atoms with Crippen LogP contribution in [0.25, 0.3) is 0 Å². The van der Waals surface area contributed by atoms with Gasteiger partial charge in [0.15, 0.2) is 0 Å². The molecule has 14 heavy (non-hydrogen) atoms. The Hall–Kier alpha value is -0.130. The van der Waals surface area contributed by atoms with E-state index in [2.05, 4.69) is 0 Å². The molecule has 1 saturated carbocycles. The van der Waals surface area contributed by atoms with E-state index in [1.165, 1.54) is 20.6 Å². The third-order valence-electron chi connectivity index (χ3n) is 2.82. The van der Waals surface area contributed by atoms with Crippen molar-refractivity contribution in [2.75, 3.05) is 19.9 Å². The normalized spacial score (nSPS) is 20.2. The number of hydroxylamine groups is 1. The molecular formula is C9H19NO3S. The van der Waals surface area contributed by atoms with Crippen LogP contribution in [-0.4, -0.2) is 32.8 Å². The van der Waals surface area contributed by atoms with Gasteiger partial charge in [0, 0.05) is 7.05 Å². The summed E-state index contributed by atoms with van der Waals surface area (Å²) in [7, 11) is -0.383. The fourth-order valence-electron chi connectivity index (χ4n) is 1.87. The van der Waals surface area contributed by atoms with Gasteiger partial charge in [-0.15, -0.1) is 0 Å². The standard InChI is InChI=1S/C9H19NO3S/c1-10(13-2)14(11,12)8-9-6-4-3-5-7-9/h9H,3-8H2,1-2H3. The minimum Gasteiger partial charge on any atom is -0.288 e. The van der Waals surface area contributed by atoms with Gasteiger partial charge in [0.1, 0.15) is 0 Å². The number of nitrogens with zero attached hydrogens (tertiary/aromatic N) is 1. The van der Waals surface area contributed by atoms with Gasteiger partial charge in [-0.3, -0.25) is 4.84 Å². The first kappa shape index (κ1) is 11.9. The highest BCUT2D eigenvalue weighted by Gasteiger charge is 2.24. The van der Waals surface area contributed by atoms with Gasteiger partial charge in [-0.1, -0.05) is 23.7 Å². The molecule has 1 aliphatic carbocycles. The van der Waals surface area contributed by atoms with Crippen LogP contribution in [0.3, 0.4) is 0 Å². The van der Waals surface area contributed by atoms with Crippen LogP contribution in [0.15, 0.2) is 0 Å². The Kier molecular flexibility index (Phi) is 4.34. The highest BCUT2D eigenvalue weighted by atomic mass is 32.2. The van der Waals surface area contributed by atoms with E-state index in [1.54, 1.807) is 0 Å². The molecule has 5 heteroatoms. The summed E-state index contributed by atoms with van der Waals surface area (Å²) in [5.74, 6) is 0.559. The van der Waals surface area contributed by atoms with E-state index in [0.29, 0.717) is 5.92 Å². The monoisotopic (exact) mass is 221 g/mol. The average Bonchev–Trinajstić information content (AvgIpc) is 2.17. The quantitative estimate of drug-likeness (QED) is 0.674. The van der Waals surface area contributed by atoms with Gasteiger partial charge in [-0.2, -0.15) is 0 Å². The van der Waals surface area contributed by atoms with Crippen LogP contribution < -0.4 is 0 Å². The molecule has 0 heterocycles. The minimum absolute atomic E-state index is 0.233. The van der Waals surface area contributed by atoms with Crippen molar-refractivity contribution in [3.8, 4) is 0 Å². The highest BCUT2D eigenvalue weighted by molar-refractivity contribution is 7.88. The van der Waals surface area contributed by atoms with Crippen LogP contribution in [0.1, 0.15) is 32.1 Å². The van der Waals surface area contributed by atoms with Crippen molar-refractivity contribution in [1.82, 2.24) is 4.47 Å². The lowest BCUT2D eigenvalue weighted by atomic mass is 9.91. The summed E-state index contributed by atoms with van der Waals surface area (Å²) in [6, 6.07) is 0. The molecule has 0 saturated heterocycles. The summed E-state index contributed by atoms with van der Waals surface area (Å²) in [6.07, 6.45) is 5.65. The number of hydrogen-bond donors (Lipinski definition) is 0. The average molecular weight is 221 g/mol. The van der Waals surface area contributed by atoms with Crippen molar-refractivity contribution >= 4 is 10.0 Å². The Bertz CT molecular complexity index is 257. The summed E-state index contributed by atoms with van der Waals surface area (Å²) in [4.78, 5) is 4.70. The predicted octanol–water partition coefficient (Wildman–Crippen LogP) is 1.39. The van der Waals surface area contributed by atoms with Crippen LogP contribution >= 0.6 is 0 Å². The van der Waals surface area contributed by atoms with Gasteiger partial charge in [0.25, 0.3) is 0 Å². The van der Waals surface area contributed by atoms with Gasteiger partial charge in [-0.05, 0) is 18.8 Å². The third-order valence-corrected chi connectivity index (χ3v) is 4.65. The summed E-state index contributed by atoms with van der Waals surface area (Å²) < 4.78 is 24.2. The van der Waals surface area contributed by atoms with Crippen LogP contribution in [0, 0.1) is 5.92 Å². The molecule has 1 aliphatic rings. The highest BCUT2D eigenvalue weighted by Crippen LogP contribution is 2.25. The summed E-state index contributed by atoms with van der Waals surface area (Å²) in [5.41, 5.74) is 0. The molecule has 0 aromatic heterocycles. The molecule has 0 aromatic rings. The summed E-state index contributed by atoms with van der Waals surface area (Å²) in [5, 5.41) is 0. The molecular weight excluding hydrogens is 202 g/mol. The fraction of sp³-hybridized carbons (Fsp3) is 1.00. The Morgan fingerprint density at radius 1 is 1.29 bits per heavy atom. The molecule has 1 fully saturated rings. The molecule has 0 amide bonds. The summed E-state index contributed by atoms with van der Waals surface area (Å²) in [6.45, 7) is 0. The topological polar surface area (TPSA) is 46.6 Å². The molecule has 84 valence electrons. The second kappa shape index (κ2) is 5.09. The van der Waals surface area contributed by atoms with Crippen LogP contribution in [0.2, 0.25) is 0 Å². The Balaban J connectivity index is 2.49. The SMILES string of the molecule is CON(C)S(=O)(=O)CC1CCCCC1. The first-order chi connectivity index (χ1) is 6.56. The fourth-order valence-corrected chi connectivity index (χ4v) is 3.24. The lowest BCUT2D eigenvalue weighted by Crippen LogP contribution is -2.31. The maximum atomic E-state index is 11.6. The van der Waals surface area contributed by atoms with E-state index >= 15 is 0 Å². The van der Waals surface area contributed by atoms with E-state index in [4.69, 9.17) is 4.84 Å². The largest absolute Gasteiger partial charge is 0.288 e. The number of hydrogen-bond acceptors (Lipinski definition) is 3. The molecule has 0 aliphatic heterocycles. The van der Waals surface area contributed by atoms with Crippen molar-refractivity contribution in [1.29, 1.82) is 0 Å². The van der Waals surface area contributed by atoms with E-state index in [0.717, 1.165) is 30.2 Å². The van der Waals surface area contributed by atoms with Crippen molar-refractivity contribution < 1.29 is 13.3 Å². The van der Waals surface area contributed by atoms with Gasteiger partial charge in [-0.25, -0.2) is 8.42 Å². The van der Waals surface area contributed by atoms with Gasteiger partial charge < -0.3 is 0 Å². The van der Waals surface area contributed by atoms with Crippen LogP contribution in [0.5, 0.6) is 0 Å². The first-order valence-corrected chi connectivity index (χ1v) is 6.68. The Morgan fingerprint density at radius 3 is 2.36 bits per heavy atom. The minimum atomic E-state index is -3.20. The third kappa shape index (κ3) is 3.22. The molecule has 0 radical (unpaired) electrons. The van der Waals surface area contributed by atoms with Gasteiger partial charge in [0.2, 0.25) is 10.0 Å². The Morgan fingerprint density at radius 2 is 1.86 bits per heavy atom. The van der Waals surface area contributed by atoms with Crippen molar-refractivity contribution in [2.24, 2.45) is 5.92 Å². The zero-order chi connectivity index (χ0) is 10.6. The molecule has 0 bridgehead atoms. The van der Waals surface area contributed by atoms with Crippen LogP contribution in [0.4, 0.5) is 0 Å². The Labute approximate surface area is 86.2 Å². The molecule has 0 aromatic carbocycles. The van der Waals surface area contributed by atoms with Gasteiger partial charge >= 0.3 is 0 Å². The smallest absolute Gasteiger partial charge is 0.236 e. The van der Waals surface area contributed by atoms with E-state index < -0.39 is 10.0 Å². The van der Waals surface area contributed by atoms with Crippen LogP contribution in [-0.2, 0) is 14.9 Å². The zero-order valence-corrected chi connectivity index (χ0v) is 9.72. The second-order valence-electron chi connectivity index (χ2n) is 3.87. The molecule has 0 N–H and O–H groups in total. The van der Waals surface area contributed by atoms with Crippen molar-refractivity contribution in [3.63, 3.8) is 0 Å². The van der Waals surface area contributed by atoms with E-state index in [-0.39, 0.29) is 5.75 Å². The summed E-state index contributed by atoms with van der Waals surface area (Å²) >= 11 is 0. The molecule has 0 unspecified atom stereocenters. The first-order valence-electron chi connectivity index (χ1n) is 5.07. The lowest BCUT2D eigenvalue weighted by molar-refractivity contribution is -0.0262. The maximum absolute atomic E-state index is 11.6.